The fraction of sp³-hybridized carbons (Fsp3) is 0.250. The third-order valence-electron chi connectivity index (χ3n) is 2.32. The lowest BCUT2D eigenvalue weighted by atomic mass is 10.2. The molecular formula is C12H12N2O4. The first-order valence-electron chi connectivity index (χ1n) is 5.37. The largest absolute Gasteiger partial charge is 0.497 e. The Labute approximate surface area is 103 Å². The average Bonchev–Trinajstić information content (AvgIpc) is 2.37. The van der Waals surface area contributed by atoms with Crippen LogP contribution < -0.4 is 4.74 Å². The Bertz CT molecular complexity index is 598. The highest BCUT2D eigenvalue weighted by molar-refractivity contribution is 5.92. The summed E-state index contributed by atoms with van der Waals surface area (Å²) in [6.07, 6.45) is 0. The summed E-state index contributed by atoms with van der Waals surface area (Å²) < 4.78 is 9.81. The van der Waals surface area contributed by atoms with Crippen molar-refractivity contribution in [1.82, 2.24) is 9.97 Å². The van der Waals surface area contributed by atoms with Crippen molar-refractivity contribution in [3.63, 3.8) is 0 Å². The zero-order valence-electron chi connectivity index (χ0n) is 10.0. The molecule has 0 aliphatic heterocycles. The van der Waals surface area contributed by atoms with Crippen molar-refractivity contribution in [2.75, 3.05) is 13.7 Å². The van der Waals surface area contributed by atoms with E-state index in [1.807, 2.05) is 0 Å². The molecule has 6 heteroatoms. The van der Waals surface area contributed by atoms with Crippen LogP contribution in [0.2, 0.25) is 0 Å². The van der Waals surface area contributed by atoms with Crippen molar-refractivity contribution in [3.8, 4) is 11.6 Å². The molecule has 0 saturated heterocycles. The number of hydrogen-bond acceptors (Lipinski definition) is 6. The van der Waals surface area contributed by atoms with Gasteiger partial charge in [0.25, 0.3) is 0 Å². The lowest BCUT2D eigenvalue weighted by molar-refractivity contribution is 0.0515. The van der Waals surface area contributed by atoms with Crippen LogP contribution in [0.25, 0.3) is 11.0 Å². The number of ether oxygens (including phenoxy) is 2. The number of aromatic nitrogens is 2. The Balaban J connectivity index is 2.52. The molecule has 0 bridgehead atoms. The van der Waals surface area contributed by atoms with E-state index in [4.69, 9.17) is 9.47 Å². The number of carbonyl (C=O) groups is 1. The molecule has 1 aromatic heterocycles. The van der Waals surface area contributed by atoms with Crippen LogP contribution in [0, 0.1) is 0 Å². The first-order chi connectivity index (χ1) is 8.65. The summed E-state index contributed by atoms with van der Waals surface area (Å²) in [5, 5.41) is 9.65. The summed E-state index contributed by atoms with van der Waals surface area (Å²) in [6, 6.07) is 4.98. The van der Waals surface area contributed by atoms with Crippen molar-refractivity contribution in [2.45, 2.75) is 6.92 Å². The smallest absolute Gasteiger partial charge is 0.362 e. The second kappa shape index (κ2) is 4.87. The van der Waals surface area contributed by atoms with E-state index < -0.39 is 11.8 Å². The highest BCUT2D eigenvalue weighted by Gasteiger charge is 2.17. The minimum Gasteiger partial charge on any atom is -0.497 e. The van der Waals surface area contributed by atoms with Gasteiger partial charge in [-0.2, -0.15) is 0 Å². The molecule has 2 rings (SSSR count). The zero-order chi connectivity index (χ0) is 13.1. The third kappa shape index (κ3) is 2.17. The Kier molecular flexibility index (Phi) is 3.27. The van der Waals surface area contributed by atoms with E-state index in [2.05, 4.69) is 9.97 Å². The number of aromatic hydroxyl groups is 1. The number of methoxy groups -OCH3 is 1. The Morgan fingerprint density at radius 2 is 2.11 bits per heavy atom. The Morgan fingerprint density at radius 3 is 2.78 bits per heavy atom. The van der Waals surface area contributed by atoms with Crippen LogP contribution in [-0.2, 0) is 4.74 Å². The number of fused-ring (bicyclic) bond motifs is 1. The third-order valence-corrected chi connectivity index (χ3v) is 2.32. The summed E-state index contributed by atoms with van der Waals surface area (Å²) in [5.74, 6) is -0.547. The van der Waals surface area contributed by atoms with Gasteiger partial charge in [0.15, 0.2) is 0 Å². The minimum absolute atomic E-state index is 0.186. The predicted octanol–water partition coefficient (Wildman–Crippen LogP) is 1.52. The van der Waals surface area contributed by atoms with Gasteiger partial charge in [-0.1, -0.05) is 0 Å². The normalized spacial score (nSPS) is 10.3. The first-order valence-corrected chi connectivity index (χ1v) is 5.37. The maximum atomic E-state index is 11.5. The second-order valence-electron chi connectivity index (χ2n) is 3.47. The van der Waals surface area contributed by atoms with Gasteiger partial charge in [0.2, 0.25) is 11.6 Å². The zero-order valence-corrected chi connectivity index (χ0v) is 10.0. The molecule has 1 heterocycles. The van der Waals surface area contributed by atoms with Crippen LogP contribution >= 0.6 is 0 Å². The Morgan fingerprint density at radius 1 is 1.33 bits per heavy atom. The predicted molar refractivity (Wildman–Crippen MR) is 63.7 cm³/mol. The molecule has 94 valence electrons. The van der Waals surface area contributed by atoms with E-state index in [0.717, 1.165) is 0 Å². The summed E-state index contributed by atoms with van der Waals surface area (Å²) in [5.41, 5.74) is 0.742. The molecule has 0 saturated carbocycles. The van der Waals surface area contributed by atoms with Gasteiger partial charge in [0, 0.05) is 6.07 Å². The van der Waals surface area contributed by atoms with E-state index in [9.17, 15) is 9.90 Å². The summed E-state index contributed by atoms with van der Waals surface area (Å²) >= 11 is 0. The van der Waals surface area contributed by atoms with Crippen LogP contribution in [0.3, 0.4) is 0 Å². The van der Waals surface area contributed by atoms with Gasteiger partial charge >= 0.3 is 5.97 Å². The SMILES string of the molecule is CCOC(=O)c1nc2ccc(OC)cc2nc1O. The molecule has 0 unspecified atom stereocenters. The summed E-state index contributed by atoms with van der Waals surface area (Å²) in [4.78, 5) is 19.4. The second-order valence-corrected chi connectivity index (χ2v) is 3.47. The van der Waals surface area contributed by atoms with Crippen molar-refractivity contribution in [2.24, 2.45) is 0 Å². The van der Waals surface area contributed by atoms with Gasteiger partial charge in [-0.05, 0) is 19.1 Å². The van der Waals surface area contributed by atoms with Crippen molar-refractivity contribution < 1.29 is 19.4 Å². The molecule has 6 nitrogen and oxygen atoms in total. The van der Waals surface area contributed by atoms with E-state index in [0.29, 0.717) is 16.8 Å². The molecule has 0 radical (unpaired) electrons. The topological polar surface area (TPSA) is 81.5 Å². The standard InChI is InChI=1S/C12H12N2O4/c1-3-18-12(16)10-11(15)14-9-6-7(17-2)4-5-8(9)13-10/h4-6H,3H2,1-2H3,(H,14,15). The number of nitrogens with zero attached hydrogens (tertiary/aromatic N) is 2. The molecule has 1 N–H and O–H groups in total. The lowest BCUT2D eigenvalue weighted by Crippen LogP contribution is -2.08. The van der Waals surface area contributed by atoms with E-state index in [-0.39, 0.29) is 12.3 Å². The number of esters is 1. The van der Waals surface area contributed by atoms with Crippen molar-refractivity contribution in [3.05, 3.63) is 23.9 Å². The fourth-order valence-electron chi connectivity index (χ4n) is 1.49. The van der Waals surface area contributed by atoms with Crippen LogP contribution in [-0.4, -0.2) is 34.8 Å². The summed E-state index contributed by atoms with van der Waals surface area (Å²) in [7, 11) is 1.53. The van der Waals surface area contributed by atoms with E-state index >= 15 is 0 Å². The first kappa shape index (κ1) is 12.1. The number of rotatable bonds is 3. The number of hydrogen-bond donors (Lipinski definition) is 1. The number of benzene rings is 1. The van der Waals surface area contributed by atoms with Crippen LogP contribution in [0.15, 0.2) is 18.2 Å². The Hall–Kier alpha value is -2.37. The quantitative estimate of drug-likeness (QED) is 0.829. The molecule has 0 fully saturated rings. The monoisotopic (exact) mass is 248 g/mol. The molecule has 2 aromatic rings. The minimum atomic E-state index is -0.694. The van der Waals surface area contributed by atoms with Crippen LogP contribution in [0.5, 0.6) is 11.6 Å². The average molecular weight is 248 g/mol. The van der Waals surface area contributed by atoms with Gasteiger partial charge in [-0.15, -0.1) is 0 Å². The maximum absolute atomic E-state index is 11.5. The van der Waals surface area contributed by atoms with Crippen molar-refractivity contribution in [1.29, 1.82) is 0 Å². The molecule has 18 heavy (non-hydrogen) atoms. The van der Waals surface area contributed by atoms with Gasteiger partial charge in [-0.3, -0.25) is 0 Å². The van der Waals surface area contributed by atoms with E-state index in [1.165, 1.54) is 7.11 Å². The molecule has 0 spiro atoms. The highest BCUT2D eigenvalue weighted by atomic mass is 16.5. The van der Waals surface area contributed by atoms with Gasteiger partial charge in [0.05, 0.1) is 24.8 Å². The lowest BCUT2D eigenvalue weighted by Gasteiger charge is -2.05. The molecule has 1 aromatic carbocycles. The molecule has 0 aliphatic carbocycles. The van der Waals surface area contributed by atoms with Crippen LogP contribution in [0.4, 0.5) is 0 Å². The van der Waals surface area contributed by atoms with Crippen LogP contribution in [0.1, 0.15) is 17.4 Å². The summed E-state index contributed by atoms with van der Waals surface area (Å²) in [6.45, 7) is 1.88. The van der Waals surface area contributed by atoms with Gasteiger partial charge in [-0.25, -0.2) is 14.8 Å². The fourth-order valence-corrected chi connectivity index (χ4v) is 1.49. The molecule has 0 amide bonds. The van der Waals surface area contributed by atoms with Gasteiger partial charge in [0.1, 0.15) is 5.75 Å². The van der Waals surface area contributed by atoms with Gasteiger partial charge < -0.3 is 14.6 Å². The number of carbonyl (C=O) groups excluding carboxylic acids is 1. The van der Waals surface area contributed by atoms with E-state index in [1.54, 1.807) is 25.1 Å². The highest BCUT2D eigenvalue weighted by Crippen LogP contribution is 2.22. The molecular weight excluding hydrogens is 236 g/mol. The molecule has 0 atom stereocenters. The molecule has 0 aliphatic rings. The van der Waals surface area contributed by atoms with Crippen molar-refractivity contribution >= 4 is 17.0 Å². The maximum Gasteiger partial charge on any atom is 0.362 e.